The van der Waals surface area contributed by atoms with Crippen molar-refractivity contribution < 1.29 is 13.9 Å². The highest BCUT2D eigenvalue weighted by Gasteiger charge is 2.39. The van der Waals surface area contributed by atoms with Crippen molar-refractivity contribution in [2.24, 2.45) is 0 Å². The maximum atomic E-state index is 6.55. The predicted octanol–water partition coefficient (Wildman–Crippen LogP) is 6.19. The number of halogens is 2. The molecule has 0 radical (unpaired) electrons. The molecule has 0 aromatic rings. The van der Waals surface area contributed by atoms with Crippen LogP contribution in [0.4, 0.5) is 0 Å². The second-order valence-electron chi connectivity index (χ2n) is 7.09. The van der Waals surface area contributed by atoms with Crippen LogP contribution in [0.2, 0.25) is 18.1 Å². The van der Waals surface area contributed by atoms with Crippen molar-refractivity contribution in [2.75, 3.05) is 13.9 Å². The number of methoxy groups -OCH3 is 1. The van der Waals surface area contributed by atoms with E-state index in [1.54, 1.807) is 7.11 Å². The highest BCUT2D eigenvalue weighted by atomic mass is 79.9. The molecule has 3 nitrogen and oxygen atoms in total. The van der Waals surface area contributed by atoms with Crippen LogP contribution in [0.3, 0.4) is 0 Å². The number of hydrogen-bond donors (Lipinski definition) is 0. The van der Waals surface area contributed by atoms with Crippen molar-refractivity contribution in [1.29, 1.82) is 0 Å². The van der Waals surface area contributed by atoms with Gasteiger partial charge in [-0.15, -0.1) is 0 Å². The van der Waals surface area contributed by atoms with Crippen molar-refractivity contribution in [1.82, 2.24) is 0 Å². The fraction of sp³-hybridized carbons (Fsp3) is 0.875. The quantitative estimate of drug-likeness (QED) is 0.288. The van der Waals surface area contributed by atoms with E-state index in [1.165, 1.54) is 0 Å². The van der Waals surface area contributed by atoms with Gasteiger partial charge in [0.05, 0.1) is 15.6 Å². The molecule has 0 aliphatic heterocycles. The highest BCUT2D eigenvalue weighted by Crippen LogP contribution is 2.38. The number of hydrogen-bond acceptors (Lipinski definition) is 3. The largest absolute Gasteiger partial charge is 0.410 e. The molecule has 0 aromatic carbocycles. The third kappa shape index (κ3) is 9.18. The molecule has 0 heterocycles. The van der Waals surface area contributed by atoms with Gasteiger partial charge in [-0.05, 0) is 62.5 Å². The van der Waals surface area contributed by atoms with Gasteiger partial charge < -0.3 is 13.9 Å². The molecule has 0 bridgehead atoms. The Labute approximate surface area is 154 Å². The van der Waals surface area contributed by atoms with E-state index in [-0.39, 0.29) is 17.2 Å². The molecular formula is C16H32Br2O3Si. The van der Waals surface area contributed by atoms with Gasteiger partial charge in [0.1, 0.15) is 6.79 Å². The lowest BCUT2D eigenvalue weighted by molar-refractivity contribution is -0.0830. The van der Waals surface area contributed by atoms with Gasteiger partial charge in [0.25, 0.3) is 0 Å². The molecule has 2 atom stereocenters. The third-order valence-electron chi connectivity index (χ3n) is 4.09. The van der Waals surface area contributed by atoms with Gasteiger partial charge in [0.15, 0.2) is 8.32 Å². The van der Waals surface area contributed by atoms with Crippen molar-refractivity contribution in [3.05, 3.63) is 9.47 Å². The zero-order valence-electron chi connectivity index (χ0n) is 15.0. The standard InChI is InChI=1S/C16H32Br2O3Si/c1-8-9-13(20-12-19-5)10-14(11-15(17)18)21-22(6,7)16(2,3)4/h11,13-14H,8-10,12H2,1-7H3/t13-,14-/m0/s1. The van der Waals surface area contributed by atoms with Crippen molar-refractivity contribution in [3.63, 3.8) is 0 Å². The van der Waals surface area contributed by atoms with Crippen LogP contribution >= 0.6 is 31.9 Å². The van der Waals surface area contributed by atoms with Crippen LogP contribution in [0.1, 0.15) is 47.0 Å². The summed E-state index contributed by atoms with van der Waals surface area (Å²) in [7, 11) is -0.175. The molecule has 0 aliphatic rings. The second-order valence-corrected chi connectivity index (χ2v) is 14.6. The van der Waals surface area contributed by atoms with Crippen LogP contribution in [0, 0.1) is 0 Å². The summed E-state index contributed by atoms with van der Waals surface area (Å²) in [5, 5.41) is 0.186. The summed E-state index contributed by atoms with van der Waals surface area (Å²) >= 11 is 6.92. The molecule has 0 fully saturated rings. The molecule has 0 saturated heterocycles. The first-order valence-corrected chi connectivity index (χ1v) is 12.3. The molecule has 6 heteroatoms. The lowest BCUT2D eigenvalue weighted by Crippen LogP contribution is -2.44. The Hall–Kier alpha value is 0.797. The number of rotatable bonds is 10. The van der Waals surface area contributed by atoms with Gasteiger partial charge in [-0.3, -0.25) is 0 Å². The zero-order chi connectivity index (χ0) is 17.4. The van der Waals surface area contributed by atoms with E-state index in [4.69, 9.17) is 13.9 Å². The van der Waals surface area contributed by atoms with Crippen LogP contribution in [-0.2, 0) is 13.9 Å². The van der Waals surface area contributed by atoms with E-state index in [0.717, 1.165) is 22.7 Å². The Balaban J connectivity index is 5.00. The fourth-order valence-electron chi connectivity index (χ4n) is 1.86. The van der Waals surface area contributed by atoms with Crippen LogP contribution in [0.5, 0.6) is 0 Å². The van der Waals surface area contributed by atoms with E-state index in [0.29, 0.717) is 6.79 Å². The van der Waals surface area contributed by atoms with Crippen LogP contribution < -0.4 is 0 Å². The Morgan fingerprint density at radius 3 is 2.23 bits per heavy atom. The van der Waals surface area contributed by atoms with E-state index in [2.05, 4.69) is 78.7 Å². The molecule has 0 saturated carbocycles. The van der Waals surface area contributed by atoms with Crippen molar-refractivity contribution >= 4 is 40.2 Å². The topological polar surface area (TPSA) is 27.7 Å². The first-order valence-electron chi connectivity index (χ1n) is 7.84. The molecule has 0 aromatic heterocycles. The minimum Gasteiger partial charge on any atom is -0.410 e. The van der Waals surface area contributed by atoms with Gasteiger partial charge in [-0.2, -0.15) is 0 Å². The van der Waals surface area contributed by atoms with Crippen LogP contribution in [0.25, 0.3) is 0 Å². The highest BCUT2D eigenvalue weighted by molar-refractivity contribution is 9.28. The second kappa shape index (κ2) is 10.6. The Bertz CT molecular complexity index is 337. The minimum absolute atomic E-state index is 0.0306. The van der Waals surface area contributed by atoms with Gasteiger partial charge in [0.2, 0.25) is 0 Å². The van der Waals surface area contributed by atoms with Gasteiger partial charge in [0, 0.05) is 13.5 Å². The van der Waals surface area contributed by atoms with Gasteiger partial charge in [-0.1, -0.05) is 34.1 Å². The average molecular weight is 460 g/mol. The molecule has 0 unspecified atom stereocenters. The first-order chi connectivity index (χ1) is 10.0. The normalized spacial score (nSPS) is 15.5. The molecule has 22 heavy (non-hydrogen) atoms. The minimum atomic E-state index is -1.83. The fourth-order valence-corrected chi connectivity index (χ4v) is 3.72. The molecular weight excluding hydrogens is 428 g/mol. The summed E-state index contributed by atoms with van der Waals surface area (Å²) in [5.74, 6) is 0. The lowest BCUT2D eigenvalue weighted by Gasteiger charge is -2.39. The summed E-state index contributed by atoms with van der Waals surface area (Å²) < 4.78 is 18.3. The van der Waals surface area contributed by atoms with E-state index >= 15 is 0 Å². The van der Waals surface area contributed by atoms with Crippen LogP contribution in [-0.4, -0.2) is 34.4 Å². The predicted molar refractivity (Wildman–Crippen MR) is 104 cm³/mol. The summed E-state index contributed by atoms with van der Waals surface area (Å²) in [6, 6.07) is 0. The lowest BCUT2D eigenvalue weighted by atomic mass is 10.1. The van der Waals surface area contributed by atoms with Crippen LogP contribution in [0.15, 0.2) is 9.47 Å². The SMILES string of the molecule is CCC[C@@H](C[C@@H](C=C(Br)Br)O[Si](C)(C)C(C)(C)C)OCOC. The maximum absolute atomic E-state index is 6.55. The smallest absolute Gasteiger partial charge is 0.192 e. The van der Waals surface area contributed by atoms with E-state index < -0.39 is 8.32 Å². The molecule has 0 amide bonds. The van der Waals surface area contributed by atoms with Crippen molar-refractivity contribution in [3.8, 4) is 0 Å². The van der Waals surface area contributed by atoms with Crippen molar-refractivity contribution in [2.45, 2.75) is 77.3 Å². The van der Waals surface area contributed by atoms with E-state index in [1.807, 2.05) is 0 Å². The molecule has 132 valence electrons. The number of ether oxygens (including phenoxy) is 2. The Morgan fingerprint density at radius 2 is 1.82 bits per heavy atom. The third-order valence-corrected chi connectivity index (χ3v) is 9.12. The Morgan fingerprint density at radius 1 is 1.23 bits per heavy atom. The molecule has 0 N–H and O–H groups in total. The summed E-state index contributed by atoms with van der Waals surface area (Å²) in [5.41, 5.74) is 0. The van der Waals surface area contributed by atoms with E-state index in [9.17, 15) is 0 Å². The monoisotopic (exact) mass is 458 g/mol. The average Bonchev–Trinajstić information content (AvgIpc) is 2.33. The Kier molecular flexibility index (Phi) is 11.0. The molecule has 0 aliphatic carbocycles. The maximum Gasteiger partial charge on any atom is 0.192 e. The van der Waals surface area contributed by atoms with Gasteiger partial charge >= 0.3 is 0 Å². The molecule has 0 spiro atoms. The summed E-state index contributed by atoms with van der Waals surface area (Å²) in [4.78, 5) is 0. The summed E-state index contributed by atoms with van der Waals surface area (Å²) in [6.45, 7) is 13.8. The summed E-state index contributed by atoms with van der Waals surface area (Å²) in [6.07, 6.45) is 5.19. The molecule has 0 rings (SSSR count). The first kappa shape index (κ1) is 22.8. The van der Waals surface area contributed by atoms with Gasteiger partial charge in [-0.25, -0.2) is 0 Å². The zero-order valence-corrected chi connectivity index (χ0v) is 19.2.